The molecule has 0 aromatic carbocycles. The van der Waals surface area contributed by atoms with Crippen LogP contribution in [0.2, 0.25) is 0 Å². The van der Waals surface area contributed by atoms with Gasteiger partial charge in [0, 0.05) is 18.8 Å². The van der Waals surface area contributed by atoms with Crippen LogP contribution in [0.4, 0.5) is 26.3 Å². The number of hydrogen-bond donors (Lipinski definition) is 0. The molecule has 1 aliphatic carbocycles. The SMILES string of the molecule is CCS(=O)(=O)c1cc(-c2noc(C3(F)CC3)n2)cnc1-c1nc2cc(C(F)(F)C(F)(F)F)nnc2n1C. The highest BCUT2D eigenvalue weighted by atomic mass is 32.2. The molecule has 37 heavy (non-hydrogen) atoms. The minimum atomic E-state index is -5.91. The lowest BCUT2D eigenvalue weighted by Gasteiger charge is -2.17. The van der Waals surface area contributed by atoms with Gasteiger partial charge in [-0.3, -0.25) is 4.98 Å². The number of nitrogens with zero attached hydrogens (tertiary/aromatic N) is 7. The predicted octanol–water partition coefficient (Wildman–Crippen LogP) is 3.88. The Labute approximate surface area is 203 Å². The molecule has 1 saturated carbocycles. The molecule has 0 bridgehead atoms. The second kappa shape index (κ2) is 7.93. The minimum Gasteiger partial charge on any atom is -0.335 e. The van der Waals surface area contributed by atoms with Crippen molar-refractivity contribution < 1.29 is 39.3 Å². The Hall–Kier alpha value is -3.63. The number of hydrogen-bond acceptors (Lipinski definition) is 9. The molecule has 0 aliphatic heterocycles. The zero-order valence-electron chi connectivity index (χ0n) is 18.9. The predicted molar refractivity (Wildman–Crippen MR) is 113 cm³/mol. The number of halogens is 6. The summed E-state index contributed by atoms with van der Waals surface area (Å²) in [7, 11) is -2.67. The molecular formula is C20H15F6N7O3S. The summed E-state index contributed by atoms with van der Waals surface area (Å²) in [5.74, 6) is -6.20. The summed E-state index contributed by atoms with van der Waals surface area (Å²) in [5, 5.41) is 10.1. The van der Waals surface area contributed by atoms with Crippen LogP contribution in [0, 0.1) is 0 Å². The highest BCUT2D eigenvalue weighted by Crippen LogP contribution is 2.49. The van der Waals surface area contributed by atoms with Crippen LogP contribution in [-0.4, -0.2) is 55.2 Å². The first kappa shape index (κ1) is 25.0. The standard InChI is InChI=1S/C20H15F6N7O3S/c1-3-37(34,35)11-6-9(14-29-17(36-32-14)18(21)4-5-18)8-27-13(11)16-28-10-7-12(19(22,23)20(24,25)26)30-31-15(10)33(16)2/h6-8H,3-5H2,1-2H3. The second-order valence-corrected chi connectivity index (χ2v) is 10.6. The van der Waals surface area contributed by atoms with E-state index in [2.05, 4.69) is 30.3 Å². The van der Waals surface area contributed by atoms with Crippen LogP contribution in [0.15, 0.2) is 27.7 Å². The maximum atomic E-state index is 14.2. The van der Waals surface area contributed by atoms with Gasteiger partial charge >= 0.3 is 12.1 Å². The van der Waals surface area contributed by atoms with E-state index < -0.39 is 38.8 Å². The van der Waals surface area contributed by atoms with Crippen LogP contribution < -0.4 is 0 Å². The first-order valence-electron chi connectivity index (χ1n) is 10.6. The highest BCUT2D eigenvalue weighted by Gasteiger charge is 2.60. The van der Waals surface area contributed by atoms with Gasteiger partial charge in [0.25, 0.3) is 5.89 Å². The molecule has 5 rings (SSSR count). The number of rotatable bonds is 6. The zero-order chi connectivity index (χ0) is 27.0. The Kier molecular flexibility index (Phi) is 5.37. The topological polar surface area (TPSA) is 130 Å². The summed E-state index contributed by atoms with van der Waals surface area (Å²) in [6, 6.07) is 1.59. The van der Waals surface area contributed by atoms with Crippen LogP contribution in [0.1, 0.15) is 31.4 Å². The van der Waals surface area contributed by atoms with Crippen molar-refractivity contribution in [3.63, 3.8) is 0 Å². The van der Waals surface area contributed by atoms with Crippen molar-refractivity contribution >= 4 is 21.0 Å². The van der Waals surface area contributed by atoms with Crippen LogP contribution in [-0.2, 0) is 28.5 Å². The molecule has 17 heteroatoms. The number of fused-ring (bicyclic) bond motifs is 1. The molecule has 0 atom stereocenters. The summed E-state index contributed by atoms with van der Waals surface area (Å²) >= 11 is 0. The summed E-state index contributed by atoms with van der Waals surface area (Å²) in [4.78, 5) is 11.8. The normalized spacial score (nSPS) is 15.9. The lowest BCUT2D eigenvalue weighted by atomic mass is 10.2. The summed E-state index contributed by atoms with van der Waals surface area (Å²) in [5.41, 5.74) is -4.12. The van der Waals surface area contributed by atoms with Gasteiger partial charge in [0.05, 0.1) is 10.6 Å². The number of alkyl halides is 6. The van der Waals surface area contributed by atoms with Gasteiger partial charge in [0.2, 0.25) is 5.82 Å². The van der Waals surface area contributed by atoms with Crippen molar-refractivity contribution in [2.75, 3.05) is 5.75 Å². The van der Waals surface area contributed by atoms with E-state index in [0.717, 1.165) is 4.57 Å². The van der Waals surface area contributed by atoms with Crippen molar-refractivity contribution in [1.82, 2.24) is 34.9 Å². The van der Waals surface area contributed by atoms with Crippen molar-refractivity contribution in [3.8, 4) is 22.9 Å². The van der Waals surface area contributed by atoms with E-state index in [-0.39, 0.29) is 57.9 Å². The molecular weight excluding hydrogens is 532 g/mol. The van der Waals surface area contributed by atoms with Crippen molar-refractivity contribution in [2.45, 2.75) is 42.4 Å². The molecule has 1 aliphatic rings. The minimum absolute atomic E-state index is 0.0840. The number of imidazole rings is 1. The maximum absolute atomic E-state index is 14.2. The number of pyridine rings is 1. The lowest BCUT2D eigenvalue weighted by Crippen LogP contribution is -2.34. The first-order valence-corrected chi connectivity index (χ1v) is 12.2. The molecule has 1 fully saturated rings. The smallest absolute Gasteiger partial charge is 0.335 e. The van der Waals surface area contributed by atoms with Gasteiger partial charge in [0.15, 0.2) is 27.0 Å². The molecule has 0 unspecified atom stereocenters. The van der Waals surface area contributed by atoms with Gasteiger partial charge in [-0.25, -0.2) is 17.8 Å². The lowest BCUT2D eigenvalue weighted by molar-refractivity contribution is -0.291. The summed E-state index contributed by atoms with van der Waals surface area (Å²) in [6.07, 6.45) is -4.31. The molecule has 10 nitrogen and oxygen atoms in total. The van der Waals surface area contributed by atoms with Gasteiger partial charge in [-0.1, -0.05) is 12.1 Å². The van der Waals surface area contributed by atoms with E-state index in [9.17, 15) is 34.8 Å². The van der Waals surface area contributed by atoms with E-state index in [1.165, 1.54) is 26.2 Å². The number of sulfone groups is 1. The Morgan fingerprint density at radius 2 is 1.81 bits per heavy atom. The Morgan fingerprint density at radius 1 is 1.11 bits per heavy atom. The third kappa shape index (κ3) is 4.00. The van der Waals surface area contributed by atoms with Crippen LogP contribution in [0.3, 0.4) is 0 Å². The number of aromatic nitrogens is 7. The van der Waals surface area contributed by atoms with E-state index in [0.29, 0.717) is 6.07 Å². The fraction of sp³-hybridized carbons (Fsp3) is 0.400. The fourth-order valence-electron chi connectivity index (χ4n) is 3.47. The molecule has 4 heterocycles. The quantitative estimate of drug-likeness (QED) is 0.330. The van der Waals surface area contributed by atoms with Crippen LogP contribution >= 0.6 is 0 Å². The van der Waals surface area contributed by atoms with Gasteiger partial charge in [-0.15, -0.1) is 10.2 Å². The Balaban J connectivity index is 1.64. The van der Waals surface area contributed by atoms with Gasteiger partial charge in [-0.2, -0.15) is 26.9 Å². The second-order valence-electron chi connectivity index (χ2n) is 8.37. The van der Waals surface area contributed by atoms with Gasteiger partial charge in [-0.05, 0) is 25.0 Å². The molecule has 0 amide bonds. The Morgan fingerprint density at radius 3 is 2.43 bits per heavy atom. The van der Waals surface area contributed by atoms with E-state index in [1.807, 2.05) is 0 Å². The van der Waals surface area contributed by atoms with E-state index >= 15 is 0 Å². The molecule has 4 aromatic rings. The van der Waals surface area contributed by atoms with Crippen molar-refractivity contribution in [2.24, 2.45) is 7.05 Å². The summed E-state index contributed by atoms with van der Waals surface area (Å²) in [6.45, 7) is 1.37. The monoisotopic (exact) mass is 547 g/mol. The zero-order valence-corrected chi connectivity index (χ0v) is 19.7. The fourth-order valence-corrected chi connectivity index (χ4v) is 4.53. The summed E-state index contributed by atoms with van der Waals surface area (Å²) < 4.78 is 112. The van der Waals surface area contributed by atoms with E-state index in [1.54, 1.807) is 0 Å². The third-order valence-corrected chi connectivity index (χ3v) is 7.57. The van der Waals surface area contributed by atoms with Crippen molar-refractivity contribution in [1.29, 1.82) is 0 Å². The maximum Gasteiger partial charge on any atom is 0.459 e. The van der Waals surface area contributed by atoms with Gasteiger partial charge in [0.1, 0.15) is 16.9 Å². The highest BCUT2D eigenvalue weighted by molar-refractivity contribution is 7.91. The first-order chi connectivity index (χ1) is 17.2. The van der Waals surface area contributed by atoms with Gasteiger partial charge < -0.3 is 9.09 Å². The average Bonchev–Trinajstić information content (AvgIpc) is 3.26. The number of aryl methyl sites for hydroxylation is 1. The Bertz CT molecular complexity index is 1640. The van der Waals surface area contributed by atoms with E-state index in [4.69, 9.17) is 4.52 Å². The molecule has 0 spiro atoms. The molecule has 0 radical (unpaired) electrons. The van der Waals surface area contributed by atoms with Crippen LogP contribution in [0.25, 0.3) is 34.1 Å². The molecule has 0 saturated heterocycles. The largest absolute Gasteiger partial charge is 0.459 e. The molecule has 196 valence electrons. The third-order valence-electron chi connectivity index (χ3n) is 5.83. The van der Waals surface area contributed by atoms with Crippen molar-refractivity contribution in [3.05, 3.63) is 29.9 Å². The van der Waals surface area contributed by atoms with Crippen LogP contribution in [0.5, 0.6) is 0 Å². The average molecular weight is 547 g/mol. The molecule has 0 N–H and O–H groups in total. The molecule has 4 aromatic heterocycles.